The third-order valence-corrected chi connectivity index (χ3v) is 5.20. The normalized spacial score (nSPS) is 19.6. The van der Waals surface area contributed by atoms with Gasteiger partial charge in [-0.05, 0) is 24.6 Å². The molecule has 23 heavy (non-hydrogen) atoms. The number of carbonyl (C=O) groups excluding carboxylic acids is 1. The van der Waals surface area contributed by atoms with Crippen molar-refractivity contribution in [2.75, 3.05) is 25.9 Å². The minimum Gasteiger partial charge on any atom is -0.481 e. The number of rotatable bonds is 4. The van der Waals surface area contributed by atoms with E-state index in [2.05, 4.69) is 0 Å². The van der Waals surface area contributed by atoms with Crippen molar-refractivity contribution in [3.05, 3.63) is 35.4 Å². The number of nitrogens with zero attached hydrogens (tertiary/aromatic N) is 2. The molecule has 0 spiro atoms. The maximum atomic E-state index is 12.6. The highest BCUT2D eigenvalue weighted by Gasteiger charge is 2.32. The van der Waals surface area contributed by atoms with Crippen molar-refractivity contribution in [2.24, 2.45) is 0 Å². The van der Waals surface area contributed by atoms with Crippen molar-refractivity contribution in [3.63, 3.8) is 0 Å². The molecule has 126 valence electrons. The summed E-state index contributed by atoms with van der Waals surface area (Å²) in [5, 5.41) is 8.83. The van der Waals surface area contributed by atoms with Crippen LogP contribution < -0.4 is 0 Å². The van der Waals surface area contributed by atoms with Gasteiger partial charge in [0.25, 0.3) is 5.91 Å². The fraction of sp³-hybridized carbons (Fsp3) is 0.467. The third kappa shape index (κ3) is 4.29. The van der Waals surface area contributed by atoms with Crippen LogP contribution in [-0.4, -0.2) is 66.5 Å². The molecule has 2 rings (SSSR count). The van der Waals surface area contributed by atoms with Gasteiger partial charge in [-0.15, -0.1) is 0 Å². The van der Waals surface area contributed by atoms with E-state index in [4.69, 9.17) is 5.11 Å². The molecular weight excluding hydrogens is 320 g/mol. The Balaban J connectivity index is 2.12. The van der Waals surface area contributed by atoms with E-state index in [9.17, 15) is 18.0 Å². The zero-order valence-electron chi connectivity index (χ0n) is 13.1. The van der Waals surface area contributed by atoms with E-state index in [1.54, 1.807) is 36.1 Å². The van der Waals surface area contributed by atoms with Gasteiger partial charge in [-0.3, -0.25) is 9.59 Å². The first-order chi connectivity index (χ1) is 10.7. The molecule has 8 heteroatoms. The van der Waals surface area contributed by atoms with Crippen LogP contribution in [0.1, 0.15) is 22.8 Å². The van der Waals surface area contributed by atoms with Crippen LogP contribution in [0, 0.1) is 0 Å². The fourth-order valence-corrected chi connectivity index (χ4v) is 3.92. The van der Waals surface area contributed by atoms with E-state index in [1.807, 2.05) is 0 Å². The quantitative estimate of drug-likeness (QED) is 0.857. The zero-order valence-corrected chi connectivity index (χ0v) is 13.9. The lowest BCUT2D eigenvalue weighted by Gasteiger charge is -2.38. The van der Waals surface area contributed by atoms with Gasteiger partial charge < -0.3 is 10.0 Å². The minimum absolute atomic E-state index is 0.140. The Bertz CT molecular complexity index is 716. The highest BCUT2D eigenvalue weighted by molar-refractivity contribution is 7.88. The fourth-order valence-electron chi connectivity index (χ4n) is 2.79. The van der Waals surface area contributed by atoms with Crippen LogP contribution in [0.4, 0.5) is 0 Å². The lowest BCUT2D eigenvalue weighted by atomic mass is 10.1. The molecule has 1 N–H and O–H groups in total. The monoisotopic (exact) mass is 340 g/mol. The largest absolute Gasteiger partial charge is 0.481 e. The van der Waals surface area contributed by atoms with Crippen molar-refractivity contribution in [1.82, 2.24) is 9.21 Å². The van der Waals surface area contributed by atoms with Crippen LogP contribution in [-0.2, 0) is 21.2 Å². The summed E-state index contributed by atoms with van der Waals surface area (Å²) in [6.45, 7) is 2.66. The van der Waals surface area contributed by atoms with E-state index in [0.29, 0.717) is 24.2 Å². The van der Waals surface area contributed by atoms with Crippen molar-refractivity contribution in [2.45, 2.75) is 19.4 Å². The Morgan fingerprint density at radius 1 is 1.30 bits per heavy atom. The summed E-state index contributed by atoms with van der Waals surface area (Å²) in [6.07, 6.45) is 1.02. The van der Waals surface area contributed by atoms with E-state index >= 15 is 0 Å². The number of sulfonamides is 1. The Morgan fingerprint density at radius 3 is 2.57 bits per heavy atom. The van der Waals surface area contributed by atoms with E-state index in [-0.39, 0.29) is 24.9 Å². The molecule has 1 saturated heterocycles. The maximum absolute atomic E-state index is 12.6. The molecule has 1 aliphatic rings. The Labute approximate surface area is 135 Å². The van der Waals surface area contributed by atoms with Gasteiger partial charge in [-0.25, -0.2) is 8.42 Å². The zero-order chi connectivity index (χ0) is 17.2. The standard InChI is InChI=1S/C15H20N2O5S/c1-11-10-16(6-7-17(11)23(2,21)22)15(20)13-5-3-4-12(8-13)9-14(18)19/h3-5,8,11H,6-7,9-10H2,1-2H3,(H,18,19). The molecule has 0 aliphatic carbocycles. The highest BCUT2D eigenvalue weighted by atomic mass is 32.2. The van der Waals surface area contributed by atoms with Gasteiger partial charge in [-0.2, -0.15) is 4.31 Å². The summed E-state index contributed by atoms with van der Waals surface area (Å²) < 4.78 is 24.7. The number of piperazine rings is 1. The summed E-state index contributed by atoms with van der Waals surface area (Å²) >= 11 is 0. The van der Waals surface area contributed by atoms with Crippen LogP contribution in [0.15, 0.2) is 24.3 Å². The molecule has 1 unspecified atom stereocenters. The molecule has 0 saturated carbocycles. The Kier molecular flexibility index (Phi) is 5.06. The predicted molar refractivity (Wildman–Crippen MR) is 84.7 cm³/mol. The number of hydrogen-bond donors (Lipinski definition) is 1. The SMILES string of the molecule is CC1CN(C(=O)c2cccc(CC(=O)O)c2)CCN1S(C)(=O)=O. The van der Waals surface area contributed by atoms with Gasteiger partial charge in [0.2, 0.25) is 10.0 Å². The molecule has 1 aromatic carbocycles. The summed E-state index contributed by atoms with van der Waals surface area (Å²) in [4.78, 5) is 24.9. The van der Waals surface area contributed by atoms with E-state index in [0.717, 1.165) is 6.26 Å². The van der Waals surface area contributed by atoms with Crippen molar-refractivity contribution >= 4 is 21.9 Å². The Hall–Kier alpha value is -1.93. The first-order valence-electron chi connectivity index (χ1n) is 7.25. The molecule has 0 aromatic heterocycles. The second-order valence-electron chi connectivity index (χ2n) is 5.74. The van der Waals surface area contributed by atoms with E-state index < -0.39 is 16.0 Å². The van der Waals surface area contributed by atoms with Crippen molar-refractivity contribution < 1.29 is 23.1 Å². The number of amides is 1. The number of carboxylic acid groups (broad SMARTS) is 1. The topological polar surface area (TPSA) is 95.0 Å². The van der Waals surface area contributed by atoms with Gasteiger partial charge in [0.05, 0.1) is 12.7 Å². The molecule has 0 bridgehead atoms. The number of hydrogen-bond acceptors (Lipinski definition) is 4. The molecule has 1 atom stereocenters. The summed E-state index contributed by atoms with van der Waals surface area (Å²) in [5.41, 5.74) is 0.981. The molecule has 0 radical (unpaired) electrons. The molecule has 1 aliphatic heterocycles. The molecular formula is C15H20N2O5S. The van der Waals surface area contributed by atoms with Crippen molar-refractivity contribution in [1.29, 1.82) is 0 Å². The number of benzene rings is 1. The maximum Gasteiger partial charge on any atom is 0.307 e. The van der Waals surface area contributed by atoms with Crippen molar-refractivity contribution in [3.8, 4) is 0 Å². The summed E-state index contributed by atoms with van der Waals surface area (Å²) in [5.74, 6) is -1.16. The molecule has 1 aromatic rings. The average molecular weight is 340 g/mol. The van der Waals surface area contributed by atoms with Gasteiger partial charge in [0.1, 0.15) is 0 Å². The smallest absolute Gasteiger partial charge is 0.307 e. The van der Waals surface area contributed by atoms with Gasteiger partial charge in [0.15, 0.2) is 0 Å². The number of carbonyl (C=O) groups is 2. The number of carboxylic acids is 1. The van der Waals surface area contributed by atoms with Crippen LogP contribution in [0.25, 0.3) is 0 Å². The molecule has 1 fully saturated rings. The summed E-state index contributed by atoms with van der Waals surface area (Å²) in [6, 6.07) is 6.24. The van der Waals surface area contributed by atoms with Crippen LogP contribution >= 0.6 is 0 Å². The van der Waals surface area contributed by atoms with Crippen LogP contribution in [0.5, 0.6) is 0 Å². The lowest BCUT2D eigenvalue weighted by molar-refractivity contribution is -0.136. The first-order valence-corrected chi connectivity index (χ1v) is 9.10. The predicted octanol–water partition coefficient (Wildman–Crippen LogP) is 0.420. The average Bonchev–Trinajstić information content (AvgIpc) is 2.44. The number of aliphatic carboxylic acids is 1. The third-order valence-electron chi connectivity index (χ3n) is 3.81. The highest BCUT2D eigenvalue weighted by Crippen LogP contribution is 2.16. The molecule has 7 nitrogen and oxygen atoms in total. The van der Waals surface area contributed by atoms with Crippen LogP contribution in [0.2, 0.25) is 0 Å². The second kappa shape index (κ2) is 6.67. The Morgan fingerprint density at radius 2 is 2.00 bits per heavy atom. The molecule has 1 heterocycles. The van der Waals surface area contributed by atoms with Gasteiger partial charge in [0, 0.05) is 31.2 Å². The van der Waals surface area contributed by atoms with Crippen LogP contribution in [0.3, 0.4) is 0 Å². The second-order valence-corrected chi connectivity index (χ2v) is 7.68. The van der Waals surface area contributed by atoms with E-state index in [1.165, 1.54) is 4.31 Å². The van der Waals surface area contributed by atoms with Gasteiger partial charge >= 0.3 is 5.97 Å². The molecule has 1 amide bonds. The summed E-state index contributed by atoms with van der Waals surface area (Å²) in [7, 11) is -3.28. The van der Waals surface area contributed by atoms with Gasteiger partial charge in [-0.1, -0.05) is 12.1 Å². The lowest BCUT2D eigenvalue weighted by Crippen LogP contribution is -2.55. The minimum atomic E-state index is -3.28. The first kappa shape index (κ1) is 17.4.